The molecule has 3 rings (SSSR count). The summed E-state index contributed by atoms with van der Waals surface area (Å²) in [6.45, 7) is 1.91. The minimum absolute atomic E-state index is 0.119. The number of carbonyl (C=O) groups is 1. The Balaban J connectivity index is 2.14. The second kappa shape index (κ2) is 5.67. The molecule has 1 N–H and O–H groups in total. The van der Waals surface area contributed by atoms with Gasteiger partial charge < -0.3 is 9.88 Å². The van der Waals surface area contributed by atoms with Gasteiger partial charge in [-0.05, 0) is 6.92 Å². The van der Waals surface area contributed by atoms with E-state index in [1.807, 2.05) is 31.8 Å². The lowest BCUT2D eigenvalue weighted by atomic mass is 10.3. The lowest BCUT2D eigenvalue weighted by molar-refractivity contribution is -0.120. The van der Waals surface area contributed by atoms with E-state index in [9.17, 15) is 4.79 Å². The predicted molar refractivity (Wildman–Crippen MR) is 82.8 cm³/mol. The van der Waals surface area contributed by atoms with Crippen LogP contribution in [0.4, 0.5) is 0 Å². The molecule has 0 aliphatic heterocycles. The van der Waals surface area contributed by atoms with Crippen LogP contribution in [-0.4, -0.2) is 47.1 Å². The number of hydrogen-bond acceptors (Lipinski definition) is 5. The topological polar surface area (TPSA) is 95.5 Å². The number of aromatic nitrogens is 7. The van der Waals surface area contributed by atoms with E-state index in [2.05, 4.69) is 25.5 Å². The second-order valence-electron chi connectivity index (χ2n) is 5.28. The lowest BCUT2D eigenvalue weighted by Crippen LogP contribution is -2.20. The molecular weight excluding hydrogens is 296 g/mol. The van der Waals surface area contributed by atoms with Crippen LogP contribution in [0.15, 0.2) is 18.7 Å². The van der Waals surface area contributed by atoms with Gasteiger partial charge in [0.25, 0.3) is 0 Å². The fourth-order valence-electron chi connectivity index (χ4n) is 2.38. The average molecular weight is 314 g/mol. The van der Waals surface area contributed by atoms with E-state index in [4.69, 9.17) is 0 Å². The summed E-state index contributed by atoms with van der Waals surface area (Å²) in [5.74, 6) is 0.944. The number of carbonyl (C=O) groups excluding carboxylic acids is 1. The first-order valence-electron chi connectivity index (χ1n) is 7.13. The van der Waals surface area contributed by atoms with Crippen molar-refractivity contribution in [1.82, 2.24) is 39.4 Å². The molecule has 0 aliphatic carbocycles. The fourth-order valence-corrected chi connectivity index (χ4v) is 2.38. The molecule has 3 aromatic heterocycles. The molecule has 0 atom stereocenters. The van der Waals surface area contributed by atoms with Crippen LogP contribution in [-0.2, 0) is 25.3 Å². The number of rotatable bonds is 4. The van der Waals surface area contributed by atoms with E-state index in [1.54, 1.807) is 28.9 Å². The molecule has 1 amide bonds. The summed E-state index contributed by atoms with van der Waals surface area (Å²) >= 11 is 0. The van der Waals surface area contributed by atoms with Crippen molar-refractivity contribution in [3.63, 3.8) is 0 Å². The summed E-state index contributed by atoms with van der Waals surface area (Å²) < 4.78 is 5.26. The monoisotopic (exact) mass is 314 g/mol. The molecule has 9 nitrogen and oxygen atoms in total. The zero-order valence-corrected chi connectivity index (χ0v) is 13.5. The summed E-state index contributed by atoms with van der Waals surface area (Å²) in [6, 6.07) is 0. The summed E-state index contributed by atoms with van der Waals surface area (Å²) in [5, 5.41) is 11.2. The van der Waals surface area contributed by atoms with Crippen LogP contribution in [0.3, 0.4) is 0 Å². The SMILES string of the molecule is CNC(=O)Cc1nc(-c2c(C)ncn2C)n(-c2cnn(C)c2)n1. The largest absolute Gasteiger partial charge is 0.359 e. The smallest absolute Gasteiger partial charge is 0.227 e. The van der Waals surface area contributed by atoms with E-state index < -0.39 is 0 Å². The summed E-state index contributed by atoms with van der Waals surface area (Å²) in [5.41, 5.74) is 2.47. The van der Waals surface area contributed by atoms with E-state index in [1.165, 1.54) is 0 Å². The van der Waals surface area contributed by atoms with E-state index in [0.717, 1.165) is 17.1 Å². The number of amides is 1. The molecule has 0 radical (unpaired) electrons. The van der Waals surface area contributed by atoms with Gasteiger partial charge in [0.2, 0.25) is 5.91 Å². The molecule has 0 spiro atoms. The predicted octanol–water partition coefficient (Wildman–Crippen LogP) is -0.00178. The van der Waals surface area contributed by atoms with Crippen LogP contribution in [0.2, 0.25) is 0 Å². The van der Waals surface area contributed by atoms with Crippen molar-refractivity contribution in [2.75, 3.05) is 7.05 Å². The van der Waals surface area contributed by atoms with Crippen LogP contribution in [0.5, 0.6) is 0 Å². The van der Waals surface area contributed by atoms with Crippen LogP contribution >= 0.6 is 0 Å². The average Bonchev–Trinajstić information content (AvgIpc) is 3.19. The highest BCUT2D eigenvalue weighted by atomic mass is 16.1. The highest BCUT2D eigenvalue weighted by Crippen LogP contribution is 2.23. The van der Waals surface area contributed by atoms with Gasteiger partial charge in [-0.25, -0.2) is 14.6 Å². The van der Waals surface area contributed by atoms with Crippen LogP contribution in [0.25, 0.3) is 17.2 Å². The zero-order valence-electron chi connectivity index (χ0n) is 13.5. The maximum atomic E-state index is 11.6. The molecule has 0 aliphatic rings. The maximum absolute atomic E-state index is 11.6. The first-order valence-corrected chi connectivity index (χ1v) is 7.13. The molecule has 0 saturated heterocycles. The van der Waals surface area contributed by atoms with Crippen molar-refractivity contribution < 1.29 is 4.79 Å². The van der Waals surface area contributed by atoms with Gasteiger partial charge in [-0.3, -0.25) is 9.48 Å². The second-order valence-corrected chi connectivity index (χ2v) is 5.28. The number of hydrogen-bond donors (Lipinski definition) is 1. The van der Waals surface area contributed by atoms with Crippen LogP contribution in [0, 0.1) is 6.92 Å². The highest BCUT2D eigenvalue weighted by molar-refractivity contribution is 5.77. The van der Waals surface area contributed by atoms with Gasteiger partial charge in [-0.2, -0.15) is 5.10 Å². The van der Waals surface area contributed by atoms with Gasteiger partial charge in [0.1, 0.15) is 11.4 Å². The molecule has 3 aromatic rings. The zero-order chi connectivity index (χ0) is 16.6. The van der Waals surface area contributed by atoms with Gasteiger partial charge in [-0.1, -0.05) is 0 Å². The van der Waals surface area contributed by atoms with Crippen molar-refractivity contribution in [3.05, 3.63) is 30.2 Å². The number of imidazole rings is 1. The standard InChI is InChI=1S/C14H18N8O/c1-9-13(20(3)8-16-9)14-18-11(5-12(23)15-2)19-22(14)10-6-17-21(4)7-10/h6-8H,5H2,1-4H3,(H,15,23). The summed E-state index contributed by atoms with van der Waals surface area (Å²) in [7, 11) is 5.32. The van der Waals surface area contributed by atoms with Crippen molar-refractivity contribution in [3.8, 4) is 17.2 Å². The van der Waals surface area contributed by atoms with Gasteiger partial charge in [-0.15, -0.1) is 5.10 Å². The van der Waals surface area contributed by atoms with Gasteiger partial charge >= 0.3 is 0 Å². The van der Waals surface area contributed by atoms with Gasteiger partial charge in [0.15, 0.2) is 11.6 Å². The Morgan fingerprint density at radius 3 is 2.70 bits per heavy atom. The molecule has 9 heteroatoms. The van der Waals surface area contributed by atoms with Crippen molar-refractivity contribution >= 4 is 5.91 Å². The Hall–Kier alpha value is -2.97. The van der Waals surface area contributed by atoms with Gasteiger partial charge in [0.05, 0.1) is 30.8 Å². The molecule has 23 heavy (non-hydrogen) atoms. The third-order valence-electron chi connectivity index (χ3n) is 3.52. The van der Waals surface area contributed by atoms with Crippen molar-refractivity contribution in [2.45, 2.75) is 13.3 Å². The van der Waals surface area contributed by atoms with E-state index >= 15 is 0 Å². The van der Waals surface area contributed by atoms with Gasteiger partial charge in [0, 0.05) is 21.1 Å². The van der Waals surface area contributed by atoms with Crippen LogP contribution in [0.1, 0.15) is 11.5 Å². The minimum Gasteiger partial charge on any atom is -0.359 e. The Morgan fingerprint density at radius 1 is 1.35 bits per heavy atom. The molecule has 0 saturated carbocycles. The summed E-state index contributed by atoms with van der Waals surface area (Å²) in [6.07, 6.45) is 5.39. The lowest BCUT2D eigenvalue weighted by Gasteiger charge is -2.04. The fraction of sp³-hybridized carbons (Fsp3) is 0.357. The first-order chi connectivity index (χ1) is 11.0. The van der Waals surface area contributed by atoms with E-state index in [-0.39, 0.29) is 12.3 Å². The number of aryl methyl sites for hydroxylation is 3. The quantitative estimate of drug-likeness (QED) is 0.731. The van der Waals surface area contributed by atoms with Crippen LogP contribution < -0.4 is 5.32 Å². The van der Waals surface area contributed by atoms with Crippen molar-refractivity contribution in [1.29, 1.82) is 0 Å². The van der Waals surface area contributed by atoms with E-state index in [0.29, 0.717) is 11.6 Å². The molecular formula is C14H18N8O. The maximum Gasteiger partial charge on any atom is 0.227 e. The first kappa shape index (κ1) is 14.9. The summed E-state index contributed by atoms with van der Waals surface area (Å²) in [4.78, 5) is 20.5. The molecule has 0 aromatic carbocycles. The minimum atomic E-state index is -0.137. The third kappa shape index (κ3) is 2.72. The molecule has 0 unspecified atom stereocenters. The Labute approximate surface area is 133 Å². The number of likely N-dealkylation sites (N-methyl/N-ethyl adjacent to an activating group) is 1. The Kier molecular flexibility index (Phi) is 3.68. The number of nitrogens with zero attached hydrogens (tertiary/aromatic N) is 7. The highest BCUT2D eigenvalue weighted by Gasteiger charge is 2.20. The van der Waals surface area contributed by atoms with Crippen molar-refractivity contribution in [2.24, 2.45) is 14.1 Å². The molecule has 120 valence electrons. The Morgan fingerprint density at radius 2 is 2.13 bits per heavy atom. The third-order valence-corrected chi connectivity index (χ3v) is 3.52. The Bertz CT molecular complexity index is 837. The molecule has 3 heterocycles. The number of nitrogens with one attached hydrogen (secondary N) is 1. The molecule has 0 fully saturated rings. The molecule has 0 bridgehead atoms. The normalized spacial score (nSPS) is 11.0.